The SMILES string of the molecule is O=C(O)CN(C(=O)c1ccc(Cl)cn1)C1CC1. The Bertz CT molecular complexity index is 443. The Balaban J connectivity index is 2.15. The van der Waals surface area contributed by atoms with Crippen LogP contribution in [0, 0.1) is 0 Å². The van der Waals surface area contributed by atoms with Crippen molar-refractivity contribution in [2.24, 2.45) is 0 Å². The Morgan fingerprint density at radius 2 is 2.18 bits per heavy atom. The van der Waals surface area contributed by atoms with Crippen LogP contribution in [0.1, 0.15) is 23.3 Å². The third-order valence-corrected chi connectivity index (χ3v) is 2.72. The number of carbonyl (C=O) groups is 2. The van der Waals surface area contributed by atoms with E-state index in [0.717, 1.165) is 12.8 Å². The number of aromatic nitrogens is 1. The van der Waals surface area contributed by atoms with Gasteiger partial charge in [0.05, 0.1) is 5.02 Å². The molecule has 1 saturated carbocycles. The third kappa shape index (κ3) is 2.94. The van der Waals surface area contributed by atoms with Gasteiger partial charge in [0.2, 0.25) is 0 Å². The lowest BCUT2D eigenvalue weighted by Crippen LogP contribution is -2.37. The lowest BCUT2D eigenvalue weighted by Gasteiger charge is -2.19. The fraction of sp³-hybridized carbons (Fsp3) is 0.364. The highest BCUT2D eigenvalue weighted by molar-refractivity contribution is 6.30. The Hall–Kier alpha value is -1.62. The molecule has 1 aliphatic rings. The number of hydrogen-bond acceptors (Lipinski definition) is 3. The molecule has 0 atom stereocenters. The van der Waals surface area contributed by atoms with E-state index >= 15 is 0 Å². The Labute approximate surface area is 103 Å². The summed E-state index contributed by atoms with van der Waals surface area (Å²) in [6.07, 6.45) is 3.08. The van der Waals surface area contributed by atoms with Crippen molar-refractivity contribution >= 4 is 23.5 Å². The summed E-state index contributed by atoms with van der Waals surface area (Å²) in [4.78, 5) is 28.0. The summed E-state index contributed by atoms with van der Waals surface area (Å²) in [5.74, 6) is -1.37. The summed E-state index contributed by atoms with van der Waals surface area (Å²) >= 11 is 5.67. The monoisotopic (exact) mass is 254 g/mol. The quantitative estimate of drug-likeness (QED) is 0.882. The van der Waals surface area contributed by atoms with Crippen molar-refractivity contribution in [1.82, 2.24) is 9.88 Å². The maximum atomic E-state index is 12.0. The highest BCUT2D eigenvalue weighted by atomic mass is 35.5. The highest BCUT2D eigenvalue weighted by Gasteiger charge is 2.34. The average molecular weight is 255 g/mol. The smallest absolute Gasteiger partial charge is 0.323 e. The zero-order valence-electron chi connectivity index (χ0n) is 8.97. The van der Waals surface area contributed by atoms with E-state index in [2.05, 4.69) is 4.98 Å². The summed E-state index contributed by atoms with van der Waals surface area (Å²) in [6, 6.07) is 3.10. The molecule has 1 N–H and O–H groups in total. The van der Waals surface area contributed by atoms with E-state index in [-0.39, 0.29) is 24.2 Å². The molecule has 0 unspecified atom stereocenters. The topological polar surface area (TPSA) is 70.5 Å². The van der Waals surface area contributed by atoms with Crippen LogP contribution in [0.2, 0.25) is 5.02 Å². The number of hydrogen-bond donors (Lipinski definition) is 1. The summed E-state index contributed by atoms with van der Waals surface area (Å²) < 4.78 is 0. The molecule has 1 aliphatic carbocycles. The van der Waals surface area contributed by atoms with Crippen molar-refractivity contribution in [2.75, 3.05) is 6.54 Å². The van der Waals surface area contributed by atoms with Crippen LogP contribution in [-0.4, -0.2) is 39.5 Å². The highest BCUT2D eigenvalue weighted by Crippen LogP contribution is 2.27. The molecule has 2 rings (SSSR count). The van der Waals surface area contributed by atoms with Crippen molar-refractivity contribution in [3.05, 3.63) is 29.0 Å². The predicted molar refractivity (Wildman–Crippen MR) is 60.9 cm³/mol. The van der Waals surface area contributed by atoms with Crippen LogP contribution >= 0.6 is 11.6 Å². The molecule has 17 heavy (non-hydrogen) atoms. The van der Waals surface area contributed by atoms with Crippen LogP contribution < -0.4 is 0 Å². The number of aliphatic carboxylic acids is 1. The van der Waals surface area contributed by atoms with Gasteiger partial charge in [0.25, 0.3) is 5.91 Å². The second-order valence-electron chi connectivity index (χ2n) is 3.92. The summed E-state index contributed by atoms with van der Waals surface area (Å²) in [7, 11) is 0. The van der Waals surface area contributed by atoms with Crippen molar-refractivity contribution in [2.45, 2.75) is 18.9 Å². The summed E-state index contributed by atoms with van der Waals surface area (Å²) in [5.41, 5.74) is 0.225. The van der Waals surface area contributed by atoms with E-state index in [0.29, 0.717) is 5.02 Å². The molecular formula is C11H11ClN2O3. The van der Waals surface area contributed by atoms with Crippen molar-refractivity contribution in [3.63, 3.8) is 0 Å². The molecular weight excluding hydrogens is 244 g/mol. The molecule has 1 aromatic rings. The fourth-order valence-electron chi connectivity index (χ4n) is 1.55. The molecule has 1 aromatic heterocycles. The molecule has 1 heterocycles. The van der Waals surface area contributed by atoms with Gasteiger partial charge < -0.3 is 10.0 Å². The molecule has 0 bridgehead atoms. The zero-order chi connectivity index (χ0) is 12.4. The van der Waals surface area contributed by atoms with Crippen LogP contribution in [0.4, 0.5) is 0 Å². The second kappa shape index (κ2) is 4.71. The number of amides is 1. The lowest BCUT2D eigenvalue weighted by molar-refractivity contribution is -0.137. The van der Waals surface area contributed by atoms with E-state index in [1.807, 2.05) is 0 Å². The molecule has 0 spiro atoms. The van der Waals surface area contributed by atoms with Crippen LogP contribution in [-0.2, 0) is 4.79 Å². The predicted octanol–water partition coefficient (Wildman–Crippen LogP) is 1.42. The summed E-state index contributed by atoms with van der Waals surface area (Å²) in [5, 5.41) is 9.21. The number of pyridine rings is 1. The number of rotatable bonds is 4. The normalized spacial score (nSPS) is 14.4. The van der Waals surface area contributed by atoms with Crippen LogP contribution in [0.5, 0.6) is 0 Å². The minimum Gasteiger partial charge on any atom is -0.480 e. The molecule has 90 valence electrons. The Kier molecular flexibility index (Phi) is 3.28. The van der Waals surface area contributed by atoms with Crippen LogP contribution in [0.15, 0.2) is 18.3 Å². The molecule has 0 aliphatic heterocycles. The van der Waals surface area contributed by atoms with Gasteiger partial charge in [0, 0.05) is 12.2 Å². The second-order valence-corrected chi connectivity index (χ2v) is 4.36. The van der Waals surface area contributed by atoms with Crippen LogP contribution in [0.3, 0.4) is 0 Å². The molecule has 1 amide bonds. The van der Waals surface area contributed by atoms with E-state index in [9.17, 15) is 9.59 Å². The molecule has 6 heteroatoms. The molecule has 0 aromatic carbocycles. The van der Waals surface area contributed by atoms with Gasteiger partial charge in [-0.2, -0.15) is 0 Å². The molecule has 0 saturated heterocycles. The van der Waals surface area contributed by atoms with Crippen molar-refractivity contribution < 1.29 is 14.7 Å². The first kappa shape index (κ1) is 11.9. The van der Waals surface area contributed by atoms with Gasteiger partial charge in [-0.05, 0) is 25.0 Å². The number of carboxylic acid groups (broad SMARTS) is 1. The number of halogens is 1. The average Bonchev–Trinajstić information content (AvgIpc) is 3.09. The van der Waals surface area contributed by atoms with Crippen molar-refractivity contribution in [1.29, 1.82) is 0 Å². The van der Waals surface area contributed by atoms with E-state index in [1.165, 1.54) is 17.2 Å². The Morgan fingerprint density at radius 3 is 2.65 bits per heavy atom. The third-order valence-electron chi connectivity index (χ3n) is 2.50. The van der Waals surface area contributed by atoms with Gasteiger partial charge in [0.15, 0.2) is 0 Å². The molecule has 1 fully saturated rings. The van der Waals surface area contributed by atoms with E-state index in [1.54, 1.807) is 6.07 Å². The first-order chi connectivity index (χ1) is 8.08. The maximum absolute atomic E-state index is 12.0. The first-order valence-electron chi connectivity index (χ1n) is 5.22. The number of carbonyl (C=O) groups excluding carboxylic acids is 1. The van der Waals surface area contributed by atoms with Gasteiger partial charge in [-0.3, -0.25) is 9.59 Å². The maximum Gasteiger partial charge on any atom is 0.323 e. The Morgan fingerprint density at radius 1 is 1.47 bits per heavy atom. The zero-order valence-corrected chi connectivity index (χ0v) is 9.72. The minimum atomic E-state index is -1.01. The number of nitrogens with zero attached hydrogens (tertiary/aromatic N) is 2. The van der Waals surface area contributed by atoms with Gasteiger partial charge in [0.1, 0.15) is 12.2 Å². The van der Waals surface area contributed by atoms with E-state index < -0.39 is 5.97 Å². The molecule has 5 nitrogen and oxygen atoms in total. The van der Waals surface area contributed by atoms with Gasteiger partial charge in [-0.15, -0.1) is 0 Å². The number of carboxylic acids is 1. The standard InChI is InChI=1S/C11H11ClN2O3/c12-7-1-4-9(13-5-7)11(17)14(6-10(15)16)8-2-3-8/h1,4-5,8H,2-3,6H2,(H,15,16). The minimum absolute atomic E-state index is 0.0380. The van der Waals surface area contributed by atoms with Gasteiger partial charge in [-0.25, -0.2) is 4.98 Å². The van der Waals surface area contributed by atoms with E-state index in [4.69, 9.17) is 16.7 Å². The van der Waals surface area contributed by atoms with Crippen LogP contribution in [0.25, 0.3) is 0 Å². The molecule has 0 radical (unpaired) electrons. The van der Waals surface area contributed by atoms with Gasteiger partial charge in [-0.1, -0.05) is 11.6 Å². The summed E-state index contributed by atoms with van der Waals surface area (Å²) in [6.45, 7) is -0.284. The van der Waals surface area contributed by atoms with Gasteiger partial charge >= 0.3 is 5.97 Å². The fourth-order valence-corrected chi connectivity index (χ4v) is 1.66. The first-order valence-corrected chi connectivity index (χ1v) is 5.60. The van der Waals surface area contributed by atoms with Crippen molar-refractivity contribution in [3.8, 4) is 0 Å². The lowest BCUT2D eigenvalue weighted by atomic mass is 10.3. The largest absolute Gasteiger partial charge is 0.480 e.